The molecule has 1 aromatic carbocycles. The van der Waals surface area contributed by atoms with Gasteiger partial charge in [-0.15, -0.1) is 0 Å². The quantitative estimate of drug-likeness (QED) is 0.922. The molecule has 1 aliphatic heterocycles. The van der Waals surface area contributed by atoms with E-state index in [9.17, 15) is 8.42 Å². The molecule has 0 unspecified atom stereocenters. The average molecular weight is 315 g/mol. The van der Waals surface area contributed by atoms with Crippen LogP contribution in [0.15, 0.2) is 23.1 Å². The van der Waals surface area contributed by atoms with Crippen LogP contribution in [0.4, 0.5) is 0 Å². The second-order valence-electron chi connectivity index (χ2n) is 4.71. The van der Waals surface area contributed by atoms with E-state index in [0.29, 0.717) is 6.61 Å². The van der Waals surface area contributed by atoms with Crippen LogP contribution in [-0.4, -0.2) is 27.2 Å². The van der Waals surface area contributed by atoms with Crippen molar-refractivity contribution in [2.24, 2.45) is 0 Å². The second kappa shape index (κ2) is 6.10. The minimum absolute atomic E-state index is 0.0475. The van der Waals surface area contributed by atoms with Crippen molar-refractivity contribution in [2.75, 3.05) is 6.61 Å². The topological polar surface area (TPSA) is 79.2 Å². The van der Waals surface area contributed by atoms with Crippen molar-refractivity contribution < 1.29 is 13.2 Å². The van der Waals surface area contributed by atoms with Gasteiger partial charge in [0.05, 0.1) is 21.6 Å². The lowest BCUT2D eigenvalue weighted by molar-refractivity contribution is 0.0902. The molecule has 0 saturated carbocycles. The van der Waals surface area contributed by atoms with E-state index in [1.54, 1.807) is 6.92 Å². The molecule has 20 heavy (non-hydrogen) atoms. The van der Waals surface area contributed by atoms with Crippen LogP contribution in [0.2, 0.25) is 5.02 Å². The fourth-order valence-electron chi connectivity index (χ4n) is 2.14. The smallest absolute Gasteiger partial charge is 0.240 e. The van der Waals surface area contributed by atoms with E-state index in [-0.39, 0.29) is 27.6 Å². The van der Waals surface area contributed by atoms with Gasteiger partial charge in [-0.05, 0) is 38.0 Å². The molecular weight excluding hydrogens is 300 g/mol. The van der Waals surface area contributed by atoms with Crippen molar-refractivity contribution in [3.63, 3.8) is 0 Å². The van der Waals surface area contributed by atoms with Gasteiger partial charge in [0.15, 0.2) is 0 Å². The fourth-order valence-corrected chi connectivity index (χ4v) is 3.72. The molecule has 1 aromatic rings. The molecule has 108 valence electrons. The Hall–Kier alpha value is -1.13. The monoisotopic (exact) mass is 314 g/mol. The highest BCUT2D eigenvalue weighted by Crippen LogP contribution is 2.22. The van der Waals surface area contributed by atoms with E-state index in [1.807, 2.05) is 6.07 Å². The number of halogens is 1. The number of sulfonamides is 1. The first-order valence-electron chi connectivity index (χ1n) is 6.27. The maximum absolute atomic E-state index is 12.2. The van der Waals surface area contributed by atoms with Crippen molar-refractivity contribution in [3.05, 3.63) is 28.8 Å². The van der Waals surface area contributed by atoms with Gasteiger partial charge in [-0.25, -0.2) is 13.1 Å². The fraction of sp³-hybridized carbons (Fsp3) is 0.462. The van der Waals surface area contributed by atoms with Gasteiger partial charge in [0.25, 0.3) is 0 Å². The van der Waals surface area contributed by atoms with Crippen LogP contribution in [0.3, 0.4) is 0 Å². The highest BCUT2D eigenvalue weighted by Gasteiger charge is 2.27. The maximum atomic E-state index is 12.2. The minimum Gasteiger partial charge on any atom is -0.377 e. The summed E-state index contributed by atoms with van der Waals surface area (Å²) in [4.78, 5) is 0.0475. The molecule has 0 aromatic heterocycles. The zero-order chi connectivity index (χ0) is 14.8. The SMILES string of the molecule is C[C@H](NS(=O)(=O)c1ccc(C#N)c(Cl)c1)[C@@H]1CCCO1. The van der Waals surface area contributed by atoms with E-state index < -0.39 is 10.0 Å². The lowest BCUT2D eigenvalue weighted by atomic mass is 10.1. The van der Waals surface area contributed by atoms with Crippen molar-refractivity contribution in [2.45, 2.75) is 36.8 Å². The number of ether oxygens (including phenoxy) is 1. The van der Waals surface area contributed by atoms with Gasteiger partial charge in [-0.1, -0.05) is 11.6 Å². The number of hydrogen-bond donors (Lipinski definition) is 1. The van der Waals surface area contributed by atoms with E-state index >= 15 is 0 Å². The Bertz CT molecular complexity index is 634. The third kappa shape index (κ3) is 3.30. The molecule has 0 amide bonds. The second-order valence-corrected chi connectivity index (χ2v) is 6.84. The van der Waals surface area contributed by atoms with Crippen LogP contribution in [-0.2, 0) is 14.8 Å². The molecule has 0 bridgehead atoms. The summed E-state index contributed by atoms with van der Waals surface area (Å²) in [7, 11) is -3.67. The van der Waals surface area contributed by atoms with Gasteiger partial charge in [-0.3, -0.25) is 0 Å². The van der Waals surface area contributed by atoms with Crippen molar-refractivity contribution in [3.8, 4) is 6.07 Å². The van der Waals surface area contributed by atoms with Gasteiger partial charge >= 0.3 is 0 Å². The summed E-state index contributed by atoms with van der Waals surface area (Å²) in [5, 5.41) is 8.91. The largest absolute Gasteiger partial charge is 0.377 e. The number of nitriles is 1. The zero-order valence-corrected chi connectivity index (χ0v) is 12.5. The number of nitrogens with one attached hydrogen (secondary N) is 1. The van der Waals surface area contributed by atoms with Gasteiger partial charge in [0.1, 0.15) is 6.07 Å². The van der Waals surface area contributed by atoms with Gasteiger partial charge in [0.2, 0.25) is 10.0 Å². The molecule has 0 aliphatic carbocycles. The number of benzene rings is 1. The Morgan fingerprint density at radius 1 is 1.55 bits per heavy atom. The Labute approximate surface area is 123 Å². The van der Waals surface area contributed by atoms with E-state index in [1.165, 1.54) is 18.2 Å². The minimum atomic E-state index is -3.67. The standard InChI is InChI=1S/C13H15ClN2O3S/c1-9(13-3-2-6-19-13)16-20(17,18)11-5-4-10(8-15)12(14)7-11/h4-5,7,9,13,16H,2-3,6H2,1H3/t9-,13-/m0/s1. The third-order valence-electron chi connectivity index (χ3n) is 3.23. The summed E-state index contributed by atoms with van der Waals surface area (Å²) in [6.07, 6.45) is 1.69. The summed E-state index contributed by atoms with van der Waals surface area (Å²) in [6.45, 7) is 2.44. The first-order chi connectivity index (χ1) is 9.44. The molecule has 1 aliphatic rings. The van der Waals surface area contributed by atoms with Gasteiger partial charge in [0, 0.05) is 12.6 Å². The molecule has 7 heteroatoms. The first-order valence-corrected chi connectivity index (χ1v) is 8.14. The molecule has 0 spiro atoms. The van der Waals surface area contributed by atoms with Crippen molar-refractivity contribution in [1.29, 1.82) is 5.26 Å². The van der Waals surface area contributed by atoms with E-state index in [0.717, 1.165) is 12.8 Å². The Balaban J connectivity index is 2.18. The predicted molar refractivity (Wildman–Crippen MR) is 74.9 cm³/mol. The van der Waals surface area contributed by atoms with Crippen molar-refractivity contribution >= 4 is 21.6 Å². The first kappa shape index (κ1) is 15.3. The Kier molecular flexibility index (Phi) is 4.66. The van der Waals surface area contributed by atoms with Crippen molar-refractivity contribution in [1.82, 2.24) is 4.72 Å². The molecule has 1 N–H and O–H groups in total. The average Bonchev–Trinajstić information content (AvgIpc) is 2.92. The summed E-state index contributed by atoms with van der Waals surface area (Å²) >= 11 is 5.86. The lowest BCUT2D eigenvalue weighted by Crippen LogP contribution is -2.40. The van der Waals surface area contributed by atoms with E-state index in [4.69, 9.17) is 21.6 Å². The summed E-state index contributed by atoms with van der Waals surface area (Å²) < 4.78 is 32.5. The van der Waals surface area contributed by atoms with Crippen LogP contribution in [0.25, 0.3) is 0 Å². The molecule has 5 nitrogen and oxygen atoms in total. The summed E-state index contributed by atoms with van der Waals surface area (Å²) in [5.41, 5.74) is 0.248. The number of nitrogens with zero attached hydrogens (tertiary/aromatic N) is 1. The molecular formula is C13H15ClN2O3S. The van der Waals surface area contributed by atoms with Crippen LogP contribution < -0.4 is 4.72 Å². The maximum Gasteiger partial charge on any atom is 0.240 e. The molecule has 2 atom stereocenters. The normalized spacial score (nSPS) is 20.6. The van der Waals surface area contributed by atoms with E-state index in [2.05, 4.69) is 4.72 Å². The number of hydrogen-bond acceptors (Lipinski definition) is 4. The van der Waals surface area contributed by atoms with Crippen LogP contribution in [0, 0.1) is 11.3 Å². The van der Waals surface area contributed by atoms with Gasteiger partial charge in [-0.2, -0.15) is 5.26 Å². The molecule has 1 heterocycles. The zero-order valence-electron chi connectivity index (χ0n) is 11.0. The molecule has 1 fully saturated rings. The molecule has 1 saturated heterocycles. The lowest BCUT2D eigenvalue weighted by Gasteiger charge is -2.20. The van der Waals surface area contributed by atoms with Crippen LogP contribution in [0.1, 0.15) is 25.3 Å². The number of rotatable bonds is 4. The summed E-state index contributed by atoms with van der Waals surface area (Å²) in [5.74, 6) is 0. The molecule has 2 rings (SSSR count). The Morgan fingerprint density at radius 3 is 2.85 bits per heavy atom. The predicted octanol–water partition coefficient (Wildman–Crippen LogP) is 2.06. The van der Waals surface area contributed by atoms with Crippen LogP contribution in [0.5, 0.6) is 0 Å². The van der Waals surface area contributed by atoms with Gasteiger partial charge < -0.3 is 4.74 Å². The molecule has 0 radical (unpaired) electrons. The highest BCUT2D eigenvalue weighted by atomic mass is 35.5. The third-order valence-corrected chi connectivity index (χ3v) is 5.10. The van der Waals surface area contributed by atoms with Crippen LogP contribution >= 0.6 is 11.6 Å². The highest BCUT2D eigenvalue weighted by molar-refractivity contribution is 7.89. The Morgan fingerprint density at radius 2 is 2.30 bits per heavy atom. The summed E-state index contributed by atoms with van der Waals surface area (Å²) in [6, 6.07) is 5.63.